The molecule has 1 N–H and O–H groups in total. The number of hydrogen-bond acceptors (Lipinski definition) is 6. The van der Waals surface area contributed by atoms with E-state index in [9.17, 15) is 0 Å². The third-order valence-corrected chi connectivity index (χ3v) is 5.42. The van der Waals surface area contributed by atoms with Crippen LogP contribution in [0.5, 0.6) is 17.2 Å². The van der Waals surface area contributed by atoms with Crippen molar-refractivity contribution in [3.05, 3.63) is 17.7 Å². The van der Waals surface area contributed by atoms with Gasteiger partial charge in [-0.2, -0.15) is 0 Å². The molecule has 9 heteroatoms. The van der Waals surface area contributed by atoms with Crippen LogP contribution in [0.3, 0.4) is 0 Å². The molecule has 2 rings (SSSR count). The van der Waals surface area contributed by atoms with Crippen LogP contribution in [0.4, 0.5) is 0 Å². The quantitative estimate of drug-likeness (QED) is 0.273. The van der Waals surface area contributed by atoms with E-state index in [1.165, 1.54) is 0 Å². The molecule has 178 valence electrons. The average molecular weight is 549 g/mol. The fourth-order valence-corrected chi connectivity index (χ4v) is 3.51. The summed E-state index contributed by atoms with van der Waals surface area (Å²) in [6.07, 6.45) is 0. The molecule has 0 atom stereocenters. The Kier molecular flexibility index (Phi) is 13.0. The highest BCUT2D eigenvalue weighted by Crippen LogP contribution is 2.38. The first-order valence-electron chi connectivity index (χ1n) is 10.8. The van der Waals surface area contributed by atoms with Crippen molar-refractivity contribution in [2.24, 2.45) is 4.99 Å². The highest BCUT2D eigenvalue weighted by Gasteiger charge is 2.21. The number of likely N-dealkylation sites (N-methyl/N-ethyl adjacent to an activating group) is 1. The molecule has 1 heterocycles. The number of nitrogens with zero attached hydrogens (tertiary/aromatic N) is 4. The molecule has 0 aromatic heterocycles. The van der Waals surface area contributed by atoms with Gasteiger partial charge in [0, 0.05) is 45.8 Å². The van der Waals surface area contributed by atoms with Gasteiger partial charge < -0.3 is 29.3 Å². The standard InChI is InChI=1S/C22H39N5O3.HI/c1-7-23-22(24-9-10-25(3)8-2)27-13-11-26(12-14-27)17-18-15-19(28-4)21(30-6)20(16-18)29-5;/h15-16H,7-14,17H2,1-6H3,(H,23,24);1H. The highest BCUT2D eigenvalue weighted by atomic mass is 127. The molecule has 0 saturated carbocycles. The Morgan fingerprint density at radius 2 is 1.65 bits per heavy atom. The zero-order chi connectivity index (χ0) is 21.9. The Balaban J connectivity index is 0.00000480. The number of nitrogens with one attached hydrogen (secondary N) is 1. The molecule has 0 spiro atoms. The number of benzene rings is 1. The third kappa shape index (κ3) is 8.19. The first-order valence-corrected chi connectivity index (χ1v) is 10.8. The smallest absolute Gasteiger partial charge is 0.203 e. The number of guanidine groups is 1. The molecular weight excluding hydrogens is 509 g/mol. The maximum absolute atomic E-state index is 5.49. The summed E-state index contributed by atoms with van der Waals surface area (Å²) in [5.74, 6) is 3.05. The van der Waals surface area contributed by atoms with E-state index < -0.39 is 0 Å². The van der Waals surface area contributed by atoms with Gasteiger partial charge in [0.05, 0.1) is 27.9 Å². The monoisotopic (exact) mass is 549 g/mol. The number of halogens is 1. The van der Waals surface area contributed by atoms with E-state index >= 15 is 0 Å². The lowest BCUT2D eigenvalue weighted by Crippen LogP contribution is -2.52. The summed E-state index contributed by atoms with van der Waals surface area (Å²) in [6, 6.07) is 4.06. The van der Waals surface area contributed by atoms with E-state index in [1.54, 1.807) is 21.3 Å². The van der Waals surface area contributed by atoms with Crippen molar-refractivity contribution >= 4 is 29.9 Å². The zero-order valence-electron chi connectivity index (χ0n) is 19.9. The van der Waals surface area contributed by atoms with Crippen LogP contribution in [0.15, 0.2) is 17.1 Å². The number of methoxy groups -OCH3 is 3. The van der Waals surface area contributed by atoms with Gasteiger partial charge in [-0.05, 0) is 38.2 Å². The van der Waals surface area contributed by atoms with Gasteiger partial charge in [0.25, 0.3) is 0 Å². The van der Waals surface area contributed by atoms with Gasteiger partial charge in [-0.25, -0.2) is 0 Å². The minimum absolute atomic E-state index is 0. The van der Waals surface area contributed by atoms with E-state index in [2.05, 4.69) is 40.9 Å². The molecule has 0 amide bonds. The second-order valence-corrected chi connectivity index (χ2v) is 7.43. The van der Waals surface area contributed by atoms with Gasteiger partial charge in [-0.3, -0.25) is 9.89 Å². The molecular formula is C22H40IN5O3. The summed E-state index contributed by atoms with van der Waals surface area (Å²) in [6.45, 7) is 12.7. The van der Waals surface area contributed by atoms with E-state index in [-0.39, 0.29) is 24.0 Å². The van der Waals surface area contributed by atoms with Gasteiger partial charge in [-0.1, -0.05) is 6.92 Å². The summed E-state index contributed by atoms with van der Waals surface area (Å²) in [5.41, 5.74) is 1.15. The van der Waals surface area contributed by atoms with E-state index in [0.29, 0.717) is 17.2 Å². The molecule has 0 unspecified atom stereocenters. The van der Waals surface area contributed by atoms with Gasteiger partial charge in [0.15, 0.2) is 17.5 Å². The normalized spacial score (nSPS) is 14.9. The lowest BCUT2D eigenvalue weighted by molar-refractivity contribution is 0.172. The lowest BCUT2D eigenvalue weighted by atomic mass is 10.1. The fourth-order valence-electron chi connectivity index (χ4n) is 3.51. The number of rotatable bonds is 10. The number of piperazine rings is 1. The minimum Gasteiger partial charge on any atom is -0.493 e. The molecule has 1 aromatic carbocycles. The summed E-state index contributed by atoms with van der Waals surface area (Å²) in [5, 5.41) is 3.44. The van der Waals surface area contributed by atoms with Crippen LogP contribution in [0.2, 0.25) is 0 Å². The topological polar surface area (TPSA) is 61.8 Å². The minimum atomic E-state index is 0. The second-order valence-electron chi connectivity index (χ2n) is 7.43. The van der Waals surface area contributed by atoms with E-state index in [4.69, 9.17) is 19.2 Å². The van der Waals surface area contributed by atoms with Crippen molar-refractivity contribution in [3.63, 3.8) is 0 Å². The molecule has 0 bridgehead atoms. The van der Waals surface area contributed by atoms with Crippen molar-refractivity contribution in [3.8, 4) is 17.2 Å². The molecule has 1 aliphatic heterocycles. The summed E-state index contributed by atoms with van der Waals surface area (Å²) >= 11 is 0. The van der Waals surface area contributed by atoms with Crippen molar-refractivity contribution in [1.29, 1.82) is 0 Å². The van der Waals surface area contributed by atoms with Crippen molar-refractivity contribution in [2.45, 2.75) is 20.4 Å². The lowest BCUT2D eigenvalue weighted by Gasteiger charge is -2.36. The molecule has 0 aliphatic carbocycles. The van der Waals surface area contributed by atoms with Crippen molar-refractivity contribution in [1.82, 2.24) is 20.0 Å². The van der Waals surface area contributed by atoms with Gasteiger partial charge >= 0.3 is 0 Å². The summed E-state index contributed by atoms with van der Waals surface area (Å²) < 4.78 is 16.4. The van der Waals surface area contributed by atoms with Crippen LogP contribution in [0, 0.1) is 0 Å². The van der Waals surface area contributed by atoms with E-state index in [0.717, 1.165) is 70.4 Å². The molecule has 1 aromatic rings. The van der Waals surface area contributed by atoms with Gasteiger partial charge in [0.1, 0.15) is 0 Å². The first-order chi connectivity index (χ1) is 14.6. The molecule has 31 heavy (non-hydrogen) atoms. The van der Waals surface area contributed by atoms with Crippen molar-refractivity contribution in [2.75, 3.05) is 80.7 Å². The predicted molar refractivity (Wildman–Crippen MR) is 138 cm³/mol. The molecule has 8 nitrogen and oxygen atoms in total. The number of hydrogen-bond donors (Lipinski definition) is 1. The maximum Gasteiger partial charge on any atom is 0.203 e. The Bertz CT molecular complexity index is 656. The largest absolute Gasteiger partial charge is 0.493 e. The van der Waals surface area contributed by atoms with Crippen LogP contribution < -0.4 is 19.5 Å². The summed E-state index contributed by atoms with van der Waals surface area (Å²) in [7, 11) is 7.06. The van der Waals surface area contributed by atoms with Crippen LogP contribution in [0.1, 0.15) is 19.4 Å². The first kappa shape index (κ1) is 27.6. The fraction of sp³-hybridized carbons (Fsp3) is 0.682. The Hall–Kier alpha value is -1.46. The molecule has 0 radical (unpaired) electrons. The van der Waals surface area contributed by atoms with Gasteiger partial charge in [0.2, 0.25) is 5.75 Å². The van der Waals surface area contributed by atoms with Crippen LogP contribution in [0.25, 0.3) is 0 Å². The third-order valence-electron chi connectivity index (χ3n) is 5.42. The molecule has 1 fully saturated rings. The average Bonchev–Trinajstić information content (AvgIpc) is 2.78. The Morgan fingerprint density at radius 1 is 1.03 bits per heavy atom. The molecule has 1 aliphatic rings. The van der Waals surface area contributed by atoms with E-state index in [1.807, 2.05) is 12.1 Å². The van der Waals surface area contributed by atoms with Crippen LogP contribution in [-0.4, -0.2) is 101 Å². The zero-order valence-corrected chi connectivity index (χ0v) is 22.3. The van der Waals surface area contributed by atoms with Crippen LogP contribution >= 0.6 is 24.0 Å². The summed E-state index contributed by atoms with van der Waals surface area (Å²) in [4.78, 5) is 11.9. The molecule has 1 saturated heterocycles. The number of aliphatic imine (C=N–C) groups is 1. The Morgan fingerprint density at radius 3 is 2.13 bits per heavy atom. The highest BCUT2D eigenvalue weighted by molar-refractivity contribution is 14.0. The van der Waals surface area contributed by atoms with Gasteiger partial charge in [-0.15, -0.1) is 24.0 Å². The maximum atomic E-state index is 5.49. The van der Waals surface area contributed by atoms with Crippen molar-refractivity contribution < 1.29 is 14.2 Å². The van der Waals surface area contributed by atoms with Crippen LogP contribution in [-0.2, 0) is 6.54 Å². The SMILES string of the molecule is CCNC(=NCCN(C)CC)N1CCN(Cc2cc(OC)c(OC)c(OC)c2)CC1.I. The Labute approximate surface area is 204 Å². The number of ether oxygens (including phenoxy) is 3. The predicted octanol–water partition coefficient (Wildman–Crippen LogP) is 2.37. The second kappa shape index (κ2) is 14.6.